The molecule has 0 aliphatic carbocycles. The van der Waals surface area contributed by atoms with Crippen LogP contribution in [-0.2, 0) is 6.42 Å². The van der Waals surface area contributed by atoms with Crippen molar-refractivity contribution in [2.45, 2.75) is 26.2 Å². The molecule has 4 aromatic rings. The zero-order valence-electron chi connectivity index (χ0n) is 16.7. The Morgan fingerprint density at radius 3 is 2.50 bits per heavy atom. The Morgan fingerprint density at radius 1 is 1.07 bits per heavy atom. The van der Waals surface area contributed by atoms with Gasteiger partial charge < -0.3 is 4.42 Å². The maximum Gasteiger partial charge on any atom is 0.293 e. The normalized spacial score (nSPS) is 11.1. The third kappa shape index (κ3) is 4.66. The smallest absolute Gasteiger partial charge is 0.293 e. The molecule has 30 heavy (non-hydrogen) atoms. The van der Waals surface area contributed by atoms with Crippen molar-refractivity contribution in [2.24, 2.45) is 0 Å². The fourth-order valence-corrected chi connectivity index (χ4v) is 3.90. The van der Waals surface area contributed by atoms with Crippen LogP contribution in [0.1, 0.15) is 46.3 Å². The number of anilines is 1. The molecule has 2 heterocycles. The fraction of sp³-hybridized carbons (Fsp3) is 0.167. The number of rotatable bonds is 6. The minimum atomic E-state index is -0.370. The molecule has 0 unspecified atom stereocenters. The minimum Gasteiger partial charge on any atom is -0.451 e. The Morgan fingerprint density at radius 2 is 1.80 bits per heavy atom. The average molecular weight is 421 g/mol. The molecule has 0 atom stereocenters. The number of thiazole rings is 1. The lowest BCUT2D eigenvalue weighted by Crippen LogP contribution is -2.10. The number of carbonyl (C=O) groups is 1. The molecule has 4 nitrogen and oxygen atoms in total. The molecule has 0 saturated heterocycles. The van der Waals surface area contributed by atoms with Crippen molar-refractivity contribution in [3.63, 3.8) is 0 Å². The highest BCUT2D eigenvalue weighted by atomic mass is 32.1. The molecular weight excluding hydrogens is 399 g/mol. The molecule has 0 aliphatic rings. The van der Waals surface area contributed by atoms with Crippen LogP contribution in [0, 0.1) is 5.82 Å². The molecule has 1 amide bonds. The van der Waals surface area contributed by atoms with Gasteiger partial charge in [-0.05, 0) is 53.4 Å². The molecule has 0 bridgehead atoms. The summed E-state index contributed by atoms with van der Waals surface area (Å²) in [7, 11) is 0. The van der Waals surface area contributed by atoms with Crippen LogP contribution in [0.25, 0.3) is 11.3 Å². The number of aromatic nitrogens is 1. The number of furan rings is 1. The predicted molar refractivity (Wildman–Crippen MR) is 118 cm³/mol. The van der Waals surface area contributed by atoms with E-state index in [1.165, 1.54) is 34.6 Å². The Balaban J connectivity index is 1.40. The third-order valence-electron chi connectivity index (χ3n) is 4.76. The summed E-state index contributed by atoms with van der Waals surface area (Å²) in [6.07, 6.45) is 2.55. The second-order valence-electron chi connectivity index (χ2n) is 7.33. The van der Waals surface area contributed by atoms with Crippen molar-refractivity contribution in [3.05, 3.63) is 94.4 Å². The van der Waals surface area contributed by atoms with E-state index in [9.17, 15) is 9.18 Å². The third-order valence-corrected chi connectivity index (χ3v) is 5.67. The van der Waals surface area contributed by atoms with Gasteiger partial charge in [0.25, 0.3) is 5.91 Å². The summed E-state index contributed by atoms with van der Waals surface area (Å²) >= 11 is 1.44. The van der Waals surface area contributed by atoms with E-state index in [1.54, 1.807) is 30.5 Å². The number of amides is 1. The molecule has 2 aromatic heterocycles. The Kier molecular flexibility index (Phi) is 5.77. The highest BCUT2D eigenvalue weighted by Crippen LogP contribution is 2.25. The Labute approximate surface area is 178 Å². The fourth-order valence-electron chi connectivity index (χ4n) is 3.06. The van der Waals surface area contributed by atoms with Crippen LogP contribution in [0.4, 0.5) is 9.52 Å². The van der Waals surface area contributed by atoms with Crippen LogP contribution in [0.3, 0.4) is 0 Å². The van der Waals surface area contributed by atoms with E-state index in [1.807, 2.05) is 0 Å². The number of hydrogen-bond acceptors (Lipinski definition) is 4. The van der Waals surface area contributed by atoms with Crippen molar-refractivity contribution >= 4 is 22.4 Å². The summed E-state index contributed by atoms with van der Waals surface area (Å²) in [4.78, 5) is 17.8. The maximum atomic E-state index is 13.1. The van der Waals surface area contributed by atoms with Crippen molar-refractivity contribution in [2.75, 3.05) is 5.32 Å². The largest absolute Gasteiger partial charge is 0.451 e. The molecule has 0 radical (unpaired) electrons. The van der Waals surface area contributed by atoms with Gasteiger partial charge in [0.2, 0.25) is 0 Å². The van der Waals surface area contributed by atoms with Crippen molar-refractivity contribution in [3.8, 4) is 11.3 Å². The first-order valence-electron chi connectivity index (χ1n) is 9.68. The average Bonchev–Trinajstić information content (AvgIpc) is 3.39. The maximum absolute atomic E-state index is 13.1. The zero-order chi connectivity index (χ0) is 21.1. The number of nitrogens with one attached hydrogen (secondary N) is 1. The molecule has 6 heteroatoms. The number of halogens is 1. The molecule has 1 N–H and O–H groups in total. The van der Waals surface area contributed by atoms with E-state index in [-0.39, 0.29) is 17.5 Å². The van der Waals surface area contributed by atoms with E-state index in [2.05, 4.69) is 48.4 Å². The summed E-state index contributed by atoms with van der Waals surface area (Å²) in [6.45, 7) is 4.35. The molecule has 4 rings (SSSR count). The molecule has 0 saturated carbocycles. The van der Waals surface area contributed by atoms with Gasteiger partial charge in [0.1, 0.15) is 11.6 Å². The number of benzene rings is 2. The topological polar surface area (TPSA) is 55.1 Å². The molecule has 0 fully saturated rings. The van der Waals surface area contributed by atoms with Gasteiger partial charge in [0.15, 0.2) is 10.9 Å². The zero-order valence-corrected chi connectivity index (χ0v) is 17.5. The number of nitrogens with zero attached hydrogens (tertiary/aromatic N) is 1. The van der Waals surface area contributed by atoms with Crippen LogP contribution in [0.5, 0.6) is 0 Å². The standard InChI is InChI=1S/C24H21FN2O2S/c1-15(2)17-5-3-16(4-6-17)13-20-14-26-24(30-20)27-23(28)22-12-11-21(29-22)18-7-9-19(25)10-8-18/h3-12,14-15H,13H2,1-2H3,(H,26,27,28). The van der Waals surface area contributed by atoms with E-state index < -0.39 is 0 Å². The lowest BCUT2D eigenvalue weighted by molar-refractivity contribution is 0.0997. The van der Waals surface area contributed by atoms with Crippen molar-refractivity contribution in [1.29, 1.82) is 0 Å². The summed E-state index contributed by atoms with van der Waals surface area (Å²) in [5.41, 5.74) is 3.22. The van der Waals surface area contributed by atoms with E-state index >= 15 is 0 Å². The molecule has 2 aromatic carbocycles. The molecule has 0 aliphatic heterocycles. The monoisotopic (exact) mass is 420 g/mol. The summed E-state index contributed by atoms with van der Waals surface area (Å²) in [6, 6.07) is 17.8. The lowest BCUT2D eigenvalue weighted by atomic mass is 10.0. The predicted octanol–water partition coefficient (Wildman–Crippen LogP) is 6.51. The van der Waals surface area contributed by atoms with Crippen LogP contribution in [0.2, 0.25) is 0 Å². The van der Waals surface area contributed by atoms with Crippen LogP contribution in [0.15, 0.2) is 71.3 Å². The first-order chi connectivity index (χ1) is 14.5. The Bertz CT molecular complexity index is 1140. The summed E-state index contributed by atoms with van der Waals surface area (Å²) in [5.74, 6) is 0.499. The number of hydrogen-bond donors (Lipinski definition) is 1. The SMILES string of the molecule is CC(C)c1ccc(Cc2cnc(NC(=O)c3ccc(-c4ccc(F)cc4)o3)s2)cc1. The highest BCUT2D eigenvalue weighted by molar-refractivity contribution is 7.15. The lowest BCUT2D eigenvalue weighted by Gasteiger charge is -2.06. The minimum absolute atomic E-state index is 0.176. The van der Waals surface area contributed by atoms with Gasteiger partial charge in [-0.15, -0.1) is 11.3 Å². The van der Waals surface area contributed by atoms with Crippen LogP contribution in [-0.4, -0.2) is 10.9 Å². The van der Waals surface area contributed by atoms with Gasteiger partial charge >= 0.3 is 0 Å². The second kappa shape index (κ2) is 8.63. The Hall–Kier alpha value is -3.25. The molecule has 152 valence electrons. The van der Waals surface area contributed by atoms with Gasteiger partial charge in [-0.2, -0.15) is 0 Å². The first kappa shape index (κ1) is 20.0. The van der Waals surface area contributed by atoms with Gasteiger partial charge in [0, 0.05) is 23.1 Å². The van der Waals surface area contributed by atoms with Crippen LogP contribution >= 0.6 is 11.3 Å². The van der Waals surface area contributed by atoms with E-state index in [4.69, 9.17) is 4.42 Å². The van der Waals surface area contributed by atoms with Crippen LogP contribution < -0.4 is 5.32 Å². The summed E-state index contributed by atoms with van der Waals surface area (Å²) < 4.78 is 18.7. The van der Waals surface area contributed by atoms with Gasteiger partial charge in [-0.1, -0.05) is 38.1 Å². The highest BCUT2D eigenvalue weighted by Gasteiger charge is 2.14. The first-order valence-corrected chi connectivity index (χ1v) is 10.5. The van der Waals surface area contributed by atoms with Gasteiger partial charge in [-0.25, -0.2) is 9.37 Å². The van der Waals surface area contributed by atoms with E-state index in [0.717, 1.165) is 11.3 Å². The summed E-state index contributed by atoms with van der Waals surface area (Å²) in [5, 5.41) is 3.30. The molecular formula is C24H21FN2O2S. The van der Waals surface area contributed by atoms with Gasteiger partial charge in [0.05, 0.1) is 0 Å². The quantitative estimate of drug-likeness (QED) is 0.387. The molecule has 0 spiro atoms. The second-order valence-corrected chi connectivity index (χ2v) is 8.44. The van der Waals surface area contributed by atoms with E-state index in [0.29, 0.717) is 22.4 Å². The number of carbonyl (C=O) groups excluding carboxylic acids is 1. The van der Waals surface area contributed by atoms with Gasteiger partial charge in [-0.3, -0.25) is 10.1 Å². The van der Waals surface area contributed by atoms with Crippen molar-refractivity contribution < 1.29 is 13.6 Å². The van der Waals surface area contributed by atoms with Crippen molar-refractivity contribution in [1.82, 2.24) is 4.98 Å².